The van der Waals surface area contributed by atoms with Crippen molar-refractivity contribution < 1.29 is 9.53 Å². The highest BCUT2D eigenvalue weighted by Gasteiger charge is 2.42. The number of benzene rings is 1. The van der Waals surface area contributed by atoms with Crippen molar-refractivity contribution in [3.05, 3.63) is 66.0 Å². The zero-order valence-corrected chi connectivity index (χ0v) is 15.3. The molecule has 3 heterocycles. The number of carbonyl (C=O) groups excluding carboxylic acids is 1. The molecule has 26 heavy (non-hydrogen) atoms. The fourth-order valence-electron chi connectivity index (χ4n) is 4.09. The van der Waals surface area contributed by atoms with E-state index in [-0.39, 0.29) is 17.6 Å². The summed E-state index contributed by atoms with van der Waals surface area (Å²) in [6.07, 6.45) is 4.85. The van der Waals surface area contributed by atoms with Crippen LogP contribution in [0.25, 0.3) is 5.65 Å². The Hall–Kier alpha value is -2.82. The molecule has 5 heteroatoms. The Morgan fingerprint density at radius 3 is 2.81 bits per heavy atom. The minimum Gasteiger partial charge on any atom is -0.463 e. The van der Waals surface area contributed by atoms with Gasteiger partial charge < -0.3 is 14.0 Å². The van der Waals surface area contributed by atoms with Crippen molar-refractivity contribution in [2.75, 3.05) is 11.5 Å². The van der Waals surface area contributed by atoms with Crippen LogP contribution in [0.3, 0.4) is 0 Å². The molecule has 0 saturated heterocycles. The predicted molar refractivity (Wildman–Crippen MR) is 101 cm³/mol. The van der Waals surface area contributed by atoms with Crippen LogP contribution in [0, 0.1) is 0 Å². The normalized spacial score (nSPS) is 22.3. The molecule has 1 aliphatic rings. The van der Waals surface area contributed by atoms with E-state index in [1.165, 1.54) is 18.1 Å². The molecule has 134 valence electrons. The van der Waals surface area contributed by atoms with Gasteiger partial charge in [-0.25, -0.2) is 4.98 Å². The smallest absolute Gasteiger partial charge is 0.302 e. The number of hydrogen-bond acceptors (Lipinski definition) is 4. The molecule has 5 nitrogen and oxygen atoms in total. The second-order valence-corrected chi connectivity index (χ2v) is 7.26. The summed E-state index contributed by atoms with van der Waals surface area (Å²) in [5.41, 5.74) is 3.14. The van der Waals surface area contributed by atoms with Crippen LogP contribution in [0.5, 0.6) is 0 Å². The van der Waals surface area contributed by atoms with E-state index in [4.69, 9.17) is 9.72 Å². The Kier molecular flexibility index (Phi) is 3.94. The Bertz CT molecular complexity index is 932. The van der Waals surface area contributed by atoms with Crippen molar-refractivity contribution in [1.29, 1.82) is 0 Å². The molecule has 0 bridgehead atoms. The summed E-state index contributed by atoms with van der Waals surface area (Å²) >= 11 is 0. The Morgan fingerprint density at radius 1 is 1.27 bits per heavy atom. The summed E-state index contributed by atoms with van der Waals surface area (Å²) in [6.45, 7) is 6.12. The van der Waals surface area contributed by atoms with Crippen LogP contribution in [-0.2, 0) is 16.0 Å². The Labute approximate surface area is 153 Å². The third kappa shape index (κ3) is 2.73. The summed E-state index contributed by atoms with van der Waals surface area (Å²) in [6, 6.07) is 14.6. The van der Waals surface area contributed by atoms with Gasteiger partial charge in [-0.3, -0.25) is 4.79 Å². The third-order valence-electron chi connectivity index (χ3n) is 5.23. The van der Waals surface area contributed by atoms with Gasteiger partial charge in [0, 0.05) is 13.1 Å². The highest BCUT2D eigenvalue weighted by atomic mass is 16.5. The number of imidazole rings is 1. The molecular formula is C21H23N3O2. The van der Waals surface area contributed by atoms with Gasteiger partial charge in [0.2, 0.25) is 0 Å². The van der Waals surface area contributed by atoms with E-state index in [0.717, 1.165) is 17.9 Å². The summed E-state index contributed by atoms with van der Waals surface area (Å²) in [4.78, 5) is 18.6. The summed E-state index contributed by atoms with van der Waals surface area (Å²) < 4.78 is 7.48. The van der Waals surface area contributed by atoms with E-state index in [9.17, 15) is 4.79 Å². The van der Waals surface area contributed by atoms with Gasteiger partial charge in [-0.05, 0) is 43.5 Å². The Balaban J connectivity index is 1.83. The van der Waals surface area contributed by atoms with E-state index in [2.05, 4.69) is 43.0 Å². The van der Waals surface area contributed by atoms with Gasteiger partial charge in [0.25, 0.3) is 0 Å². The second kappa shape index (κ2) is 6.16. The minimum absolute atomic E-state index is 0.130. The average Bonchev–Trinajstić information content (AvgIpc) is 3.03. The molecule has 0 N–H and O–H groups in total. The summed E-state index contributed by atoms with van der Waals surface area (Å²) in [7, 11) is 0. The molecule has 3 aromatic rings. The first-order valence-electron chi connectivity index (χ1n) is 8.92. The SMILES string of the molecule is CC(=O)OCC1(C)Cc2ccccc2C(C)N1c1cn2ccccc2n1. The fraction of sp³-hybridized carbons (Fsp3) is 0.333. The van der Waals surface area contributed by atoms with Gasteiger partial charge in [-0.2, -0.15) is 0 Å². The molecule has 1 aromatic carbocycles. The topological polar surface area (TPSA) is 46.8 Å². The number of pyridine rings is 1. The summed E-state index contributed by atoms with van der Waals surface area (Å²) in [5, 5.41) is 0. The van der Waals surface area contributed by atoms with Gasteiger partial charge in [-0.15, -0.1) is 0 Å². The van der Waals surface area contributed by atoms with Crippen LogP contribution in [0.15, 0.2) is 54.9 Å². The largest absolute Gasteiger partial charge is 0.463 e. The van der Waals surface area contributed by atoms with Crippen LogP contribution < -0.4 is 4.90 Å². The lowest BCUT2D eigenvalue weighted by atomic mass is 9.81. The van der Waals surface area contributed by atoms with E-state index in [1.54, 1.807) is 0 Å². The molecule has 1 aliphatic heterocycles. The molecular weight excluding hydrogens is 326 g/mol. The molecule has 0 radical (unpaired) electrons. The number of carbonyl (C=O) groups is 1. The molecule has 0 amide bonds. The molecule has 4 rings (SSSR count). The zero-order valence-electron chi connectivity index (χ0n) is 15.3. The number of rotatable bonds is 3. The van der Waals surface area contributed by atoms with E-state index < -0.39 is 0 Å². The van der Waals surface area contributed by atoms with Gasteiger partial charge in [0.05, 0.1) is 17.8 Å². The quantitative estimate of drug-likeness (QED) is 0.675. The number of fused-ring (bicyclic) bond motifs is 2. The van der Waals surface area contributed by atoms with Gasteiger partial charge in [0.15, 0.2) is 0 Å². The average molecular weight is 349 g/mol. The van der Waals surface area contributed by atoms with Gasteiger partial charge in [-0.1, -0.05) is 30.3 Å². The lowest BCUT2D eigenvalue weighted by molar-refractivity contribution is -0.142. The van der Waals surface area contributed by atoms with Crippen molar-refractivity contribution in [1.82, 2.24) is 9.38 Å². The second-order valence-electron chi connectivity index (χ2n) is 7.26. The number of aromatic nitrogens is 2. The van der Waals surface area contributed by atoms with Crippen LogP contribution in [0.2, 0.25) is 0 Å². The fourth-order valence-corrected chi connectivity index (χ4v) is 4.09. The molecule has 0 aliphatic carbocycles. The first-order valence-corrected chi connectivity index (χ1v) is 8.92. The number of ether oxygens (including phenoxy) is 1. The van der Waals surface area contributed by atoms with Crippen LogP contribution >= 0.6 is 0 Å². The van der Waals surface area contributed by atoms with Crippen LogP contribution in [0.1, 0.15) is 37.9 Å². The summed E-state index contributed by atoms with van der Waals surface area (Å²) in [5.74, 6) is 0.639. The maximum absolute atomic E-state index is 11.5. The van der Waals surface area contributed by atoms with Crippen molar-refractivity contribution in [2.24, 2.45) is 0 Å². The highest BCUT2D eigenvalue weighted by molar-refractivity contribution is 5.66. The number of hydrogen-bond donors (Lipinski definition) is 0. The molecule has 0 spiro atoms. The zero-order chi connectivity index (χ0) is 18.3. The van der Waals surface area contributed by atoms with Crippen molar-refractivity contribution >= 4 is 17.4 Å². The van der Waals surface area contributed by atoms with E-state index >= 15 is 0 Å². The maximum atomic E-state index is 11.5. The molecule has 0 saturated carbocycles. The number of nitrogens with zero attached hydrogens (tertiary/aromatic N) is 3. The van der Waals surface area contributed by atoms with Crippen LogP contribution in [0.4, 0.5) is 5.82 Å². The van der Waals surface area contributed by atoms with Gasteiger partial charge in [0.1, 0.15) is 18.1 Å². The monoisotopic (exact) mass is 349 g/mol. The Morgan fingerprint density at radius 2 is 2.04 bits per heavy atom. The molecule has 2 atom stereocenters. The first kappa shape index (κ1) is 16.6. The highest BCUT2D eigenvalue weighted by Crippen LogP contribution is 2.41. The lowest BCUT2D eigenvalue weighted by Gasteiger charge is -2.49. The minimum atomic E-state index is -0.364. The standard InChI is InChI=1S/C21H23N3O2/c1-15-18-9-5-4-8-17(18)12-21(3,14-26-16(2)25)24(15)20-13-23-11-7-6-10-19(23)22-20/h4-11,13,15H,12,14H2,1-3H3. The first-order chi connectivity index (χ1) is 12.5. The van der Waals surface area contributed by atoms with E-state index in [1.807, 2.05) is 35.0 Å². The maximum Gasteiger partial charge on any atom is 0.302 e. The molecule has 0 fully saturated rings. The number of anilines is 1. The molecule has 2 aromatic heterocycles. The third-order valence-corrected chi connectivity index (χ3v) is 5.23. The van der Waals surface area contributed by atoms with Crippen molar-refractivity contribution in [3.63, 3.8) is 0 Å². The van der Waals surface area contributed by atoms with Crippen molar-refractivity contribution in [2.45, 2.75) is 38.8 Å². The predicted octanol–water partition coefficient (Wildman–Crippen LogP) is 3.78. The van der Waals surface area contributed by atoms with Crippen LogP contribution in [-0.4, -0.2) is 27.5 Å². The lowest BCUT2D eigenvalue weighted by Crippen LogP contribution is -2.56. The van der Waals surface area contributed by atoms with E-state index in [0.29, 0.717) is 6.61 Å². The van der Waals surface area contributed by atoms with Crippen molar-refractivity contribution in [3.8, 4) is 0 Å². The van der Waals surface area contributed by atoms with Gasteiger partial charge >= 0.3 is 5.97 Å². The number of esters is 1. The molecule has 2 unspecified atom stereocenters.